The molecule has 0 aliphatic rings. The van der Waals surface area contributed by atoms with E-state index in [1.54, 1.807) is 36.2 Å². The summed E-state index contributed by atoms with van der Waals surface area (Å²) in [6.07, 6.45) is 0. The van der Waals surface area contributed by atoms with Crippen molar-refractivity contribution in [3.8, 4) is 0 Å². The van der Waals surface area contributed by atoms with Crippen molar-refractivity contribution in [3.63, 3.8) is 0 Å². The Hall–Kier alpha value is -1.52. The van der Waals surface area contributed by atoms with Gasteiger partial charge in [-0.15, -0.1) is 0 Å². The van der Waals surface area contributed by atoms with E-state index in [0.717, 1.165) is 10.2 Å². The van der Waals surface area contributed by atoms with Gasteiger partial charge in [-0.2, -0.15) is 0 Å². The van der Waals surface area contributed by atoms with Crippen molar-refractivity contribution in [1.29, 1.82) is 0 Å². The number of rotatable bonds is 2. The van der Waals surface area contributed by atoms with E-state index in [0.29, 0.717) is 10.7 Å². The Balaban J connectivity index is 2.12. The largest absolute Gasteiger partial charge is 0.326 e. The molecule has 0 heterocycles. The molecule has 0 bridgehead atoms. The number of carbonyl (C=O) groups excluding carboxylic acids is 1. The number of urea groups is 1. The summed E-state index contributed by atoms with van der Waals surface area (Å²) in [6.45, 7) is 0. The second-order valence-electron chi connectivity index (χ2n) is 3.95. The Labute approximate surface area is 125 Å². The molecule has 1 N–H and O–H groups in total. The number of hydrogen-bond donors (Lipinski definition) is 1. The zero-order valence-corrected chi connectivity index (χ0v) is 12.6. The van der Waals surface area contributed by atoms with Crippen LogP contribution in [0.5, 0.6) is 0 Å². The number of nitrogens with zero attached hydrogens (tertiary/aromatic N) is 1. The van der Waals surface area contributed by atoms with Crippen molar-refractivity contribution in [2.24, 2.45) is 0 Å². The van der Waals surface area contributed by atoms with E-state index in [9.17, 15) is 4.79 Å². The highest BCUT2D eigenvalue weighted by Gasteiger charge is 2.13. The molecule has 0 aromatic heterocycles. The quantitative estimate of drug-likeness (QED) is 0.839. The Kier molecular flexibility index (Phi) is 4.45. The molecule has 2 amide bonds. The van der Waals surface area contributed by atoms with Gasteiger partial charge >= 0.3 is 6.03 Å². The molecule has 0 aliphatic heterocycles. The summed E-state index contributed by atoms with van der Waals surface area (Å²) in [5.41, 5.74) is 1.50. The predicted octanol–water partition coefficient (Wildman–Crippen LogP) is 4.77. The van der Waals surface area contributed by atoms with Crippen molar-refractivity contribution in [2.75, 3.05) is 17.3 Å². The minimum Gasteiger partial charge on any atom is -0.308 e. The number of para-hydroxylation sites is 1. The van der Waals surface area contributed by atoms with Gasteiger partial charge in [0.05, 0.1) is 5.69 Å². The Morgan fingerprint density at radius 3 is 2.42 bits per heavy atom. The van der Waals surface area contributed by atoms with Gasteiger partial charge in [-0.05, 0) is 52.3 Å². The number of hydrogen-bond acceptors (Lipinski definition) is 1. The summed E-state index contributed by atoms with van der Waals surface area (Å²) in [5.74, 6) is 0. The van der Waals surface area contributed by atoms with Gasteiger partial charge in [0, 0.05) is 22.2 Å². The number of halogens is 2. The number of nitrogens with one attached hydrogen (secondary N) is 1. The number of amides is 2. The molecule has 0 fully saturated rings. The van der Waals surface area contributed by atoms with Crippen LogP contribution in [0.4, 0.5) is 16.2 Å². The average molecular weight is 340 g/mol. The molecule has 19 heavy (non-hydrogen) atoms. The second kappa shape index (κ2) is 6.08. The molecular weight excluding hydrogens is 328 g/mol. The van der Waals surface area contributed by atoms with Gasteiger partial charge in [0.2, 0.25) is 0 Å². The monoisotopic (exact) mass is 338 g/mol. The lowest BCUT2D eigenvalue weighted by atomic mass is 10.3. The minimum atomic E-state index is -0.214. The van der Waals surface area contributed by atoms with Crippen LogP contribution in [0.25, 0.3) is 0 Å². The van der Waals surface area contributed by atoms with Crippen LogP contribution >= 0.6 is 27.5 Å². The van der Waals surface area contributed by atoms with Gasteiger partial charge in [0.15, 0.2) is 0 Å². The van der Waals surface area contributed by atoms with Gasteiger partial charge in [0.1, 0.15) is 0 Å². The zero-order valence-electron chi connectivity index (χ0n) is 10.2. The Bertz CT molecular complexity index is 586. The molecule has 0 spiro atoms. The molecule has 0 saturated carbocycles. The van der Waals surface area contributed by atoms with Crippen LogP contribution in [0.3, 0.4) is 0 Å². The Morgan fingerprint density at radius 1 is 1.16 bits per heavy atom. The molecule has 0 aliphatic carbocycles. The third kappa shape index (κ3) is 3.49. The van der Waals surface area contributed by atoms with Crippen LogP contribution in [0, 0.1) is 0 Å². The van der Waals surface area contributed by atoms with E-state index >= 15 is 0 Å². The molecule has 2 aromatic carbocycles. The van der Waals surface area contributed by atoms with Gasteiger partial charge < -0.3 is 5.32 Å². The third-order valence-electron chi connectivity index (χ3n) is 2.61. The maximum absolute atomic E-state index is 12.1. The highest BCUT2D eigenvalue weighted by molar-refractivity contribution is 9.10. The van der Waals surface area contributed by atoms with Crippen molar-refractivity contribution >= 4 is 44.9 Å². The van der Waals surface area contributed by atoms with Crippen LogP contribution in [-0.4, -0.2) is 13.1 Å². The molecule has 2 aromatic rings. The smallest absolute Gasteiger partial charge is 0.308 e. The number of anilines is 2. The van der Waals surface area contributed by atoms with Crippen molar-refractivity contribution < 1.29 is 4.79 Å². The standard InChI is InChI=1S/C14H12BrClN2O/c1-18(13-5-3-2-4-12(13)15)14(19)17-11-8-6-10(16)7-9-11/h2-9H,1H3,(H,17,19). The zero-order chi connectivity index (χ0) is 13.8. The van der Waals surface area contributed by atoms with Crippen LogP contribution in [-0.2, 0) is 0 Å². The summed E-state index contributed by atoms with van der Waals surface area (Å²) >= 11 is 9.22. The molecule has 0 radical (unpaired) electrons. The van der Waals surface area contributed by atoms with Crippen LogP contribution < -0.4 is 10.2 Å². The maximum atomic E-state index is 12.1. The lowest BCUT2D eigenvalue weighted by Gasteiger charge is -2.19. The molecule has 98 valence electrons. The van der Waals surface area contributed by atoms with Crippen LogP contribution in [0.1, 0.15) is 0 Å². The first-order valence-corrected chi connectivity index (χ1v) is 6.80. The molecule has 3 nitrogen and oxygen atoms in total. The van der Waals surface area contributed by atoms with Gasteiger partial charge in [-0.1, -0.05) is 23.7 Å². The van der Waals surface area contributed by atoms with Gasteiger partial charge in [-0.25, -0.2) is 4.79 Å². The SMILES string of the molecule is CN(C(=O)Nc1ccc(Cl)cc1)c1ccccc1Br. The molecule has 5 heteroatoms. The molecule has 2 rings (SSSR count). The van der Waals surface area contributed by atoms with E-state index in [1.165, 1.54) is 0 Å². The first kappa shape index (κ1) is 13.9. The number of benzene rings is 2. The summed E-state index contributed by atoms with van der Waals surface area (Å²) in [7, 11) is 1.71. The fourth-order valence-corrected chi connectivity index (χ4v) is 2.25. The highest BCUT2D eigenvalue weighted by atomic mass is 79.9. The third-order valence-corrected chi connectivity index (χ3v) is 3.54. The molecule has 0 unspecified atom stereocenters. The maximum Gasteiger partial charge on any atom is 0.326 e. The molecular formula is C14H12BrClN2O. The van der Waals surface area contributed by atoms with E-state index in [2.05, 4.69) is 21.2 Å². The van der Waals surface area contributed by atoms with Crippen LogP contribution in [0.2, 0.25) is 5.02 Å². The topological polar surface area (TPSA) is 32.3 Å². The summed E-state index contributed by atoms with van der Waals surface area (Å²) in [5, 5.41) is 3.44. The van der Waals surface area contributed by atoms with Crippen molar-refractivity contribution in [2.45, 2.75) is 0 Å². The molecule has 0 saturated heterocycles. The van der Waals surface area contributed by atoms with E-state index in [1.807, 2.05) is 24.3 Å². The fraction of sp³-hybridized carbons (Fsp3) is 0.0714. The summed E-state index contributed by atoms with van der Waals surface area (Å²) in [4.78, 5) is 13.7. The lowest BCUT2D eigenvalue weighted by Crippen LogP contribution is -2.31. The first-order valence-electron chi connectivity index (χ1n) is 5.63. The van der Waals surface area contributed by atoms with E-state index in [-0.39, 0.29) is 6.03 Å². The van der Waals surface area contributed by atoms with E-state index in [4.69, 9.17) is 11.6 Å². The van der Waals surface area contributed by atoms with Crippen molar-refractivity contribution in [3.05, 3.63) is 58.0 Å². The average Bonchev–Trinajstić information content (AvgIpc) is 2.41. The summed E-state index contributed by atoms with van der Waals surface area (Å²) < 4.78 is 0.865. The predicted molar refractivity (Wildman–Crippen MR) is 83.0 cm³/mol. The molecule has 0 atom stereocenters. The normalized spacial score (nSPS) is 10.1. The summed E-state index contributed by atoms with van der Waals surface area (Å²) in [6, 6.07) is 14.3. The van der Waals surface area contributed by atoms with Gasteiger partial charge in [0.25, 0.3) is 0 Å². The van der Waals surface area contributed by atoms with Crippen molar-refractivity contribution in [1.82, 2.24) is 0 Å². The minimum absolute atomic E-state index is 0.214. The number of carbonyl (C=O) groups is 1. The second-order valence-corrected chi connectivity index (χ2v) is 5.24. The first-order chi connectivity index (χ1) is 9.08. The lowest BCUT2D eigenvalue weighted by molar-refractivity contribution is 0.258. The van der Waals surface area contributed by atoms with Gasteiger partial charge in [-0.3, -0.25) is 4.90 Å². The van der Waals surface area contributed by atoms with Crippen LogP contribution in [0.15, 0.2) is 53.0 Å². The Morgan fingerprint density at radius 2 is 1.79 bits per heavy atom. The van der Waals surface area contributed by atoms with E-state index < -0.39 is 0 Å². The highest BCUT2D eigenvalue weighted by Crippen LogP contribution is 2.25. The fourth-order valence-electron chi connectivity index (χ4n) is 1.57.